The molecule has 1 aliphatic rings. The zero-order valence-electron chi connectivity index (χ0n) is 5.26. The Kier molecular flexibility index (Phi) is 1.27. The monoisotopic (exact) mass is 154 g/mol. The van der Waals surface area contributed by atoms with Crippen molar-refractivity contribution in [3.8, 4) is 0 Å². The fraction of sp³-hybridized carbons (Fsp3) is 0.333. The van der Waals surface area contributed by atoms with Crippen LogP contribution >= 0.6 is 11.8 Å². The molecule has 0 bridgehead atoms. The number of rotatable bonds is 0. The molecule has 0 fully saturated rings. The molecule has 0 unspecified atom stereocenters. The van der Waals surface area contributed by atoms with Gasteiger partial charge >= 0.3 is 0 Å². The summed E-state index contributed by atoms with van der Waals surface area (Å²) in [7, 11) is 0. The number of thioether (sulfide) groups is 1. The zero-order valence-corrected chi connectivity index (χ0v) is 6.07. The van der Waals surface area contributed by atoms with Crippen molar-refractivity contribution >= 4 is 11.8 Å². The van der Waals surface area contributed by atoms with E-state index in [0.717, 1.165) is 22.8 Å². The molecule has 0 saturated heterocycles. The number of fused-ring (bicyclic) bond motifs is 1. The summed E-state index contributed by atoms with van der Waals surface area (Å²) < 4.78 is 0. The molecule has 52 valence electrons. The van der Waals surface area contributed by atoms with Crippen molar-refractivity contribution in [3.63, 3.8) is 0 Å². The number of hydrogen-bond acceptors (Lipinski definition) is 3. The largest absolute Gasteiger partial charge is 0.313 e. The van der Waals surface area contributed by atoms with Crippen LogP contribution in [0.3, 0.4) is 0 Å². The van der Waals surface area contributed by atoms with Gasteiger partial charge < -0.3 is 4.98 Å². The van der Waals surface area contributed by atoms with Gasteiger partial charge in [-0.05, 0) is 6.42 Å². The molecular weight excluding hydrogens is 148 g/mol. The predicted octanol–water partition coefficient (Wildman–Crippen LogP) is 0.418. The molecular formula is C6H6N2OS. The van der Waals surface area contributed by atoms with Gasteiger partial charge in [0.1, 0.15) is 5.03 Å². The second-order valence-corrected chi connectivity index (χ2v) is 3.20. The van der Waals surface area contributed by atoms with Crippen molar-refractivity contribution in [2.24, 2.45) is 0 Å². The first-order valence-corrected chi connectivity index (χ1v) is 4.06. The van der Waals surface area contributed by atoms with Gasteiger partial charge in [0.05, 0.1) is 11.9 Å². The van der Waals surface area contributed by atoms with Crippen LogP contribution < -0.4 is 5.56 Å². The molecule has 2 rings (SSSR count). The Morgan fingerprint density at radius 2 is 2.60 bits per heavy atom. The number of aromatic amines is 1. The molecule has 3 nitrogen and oxygen atoms in total. The van der Waals surface area contributed by atoms with Gasteiger partial charge in [0.25, 0.3) is 5.56 Å². The van der Waals surface area contributed by atoms with Crippen molar-refractivity contribution in [2.45, 2.75) is 11.4 Å². The first kappa shape index (κ1) is 5.97. The molecule has 10 heavy (non-hydrogen) atoms. The van der Waals surface area contributed by atoms with E-state index in [4.69, 9.17) is 0 Å². The van der Waals surface area contributed by atoms with E-state index in [-0.39, 0.29) is 5.56 Å². The fourth-order valence-electron chi connectivity index (χ4n) is 1.01. The lowest BCUT2D eigenvalue weighted by Crippen LogP contribution is -2.11. The normalized spacial score (nSPS) is 15.2. The molecule has 0 atom stereocenters. The molecule has 1 aromatic rings. The predicted molar refractivity (Wildman–Crippen MR) is 39.3 cm³/mol. The summed E-state index contributed by atoms with van der Waals surface area (Å²) >= 11 is 1.65. The Bertz CT molecular complexity index is 307. The van der Waals surface area contributed by atoms with Crippen molar-refractivity contribution < 1.29 is 0 Å². The quantitative estimate of drug-likeness (QED) is 0.551. The second-order valence-electron chi connectivity index (χ2n) is 2.11. The highest BCUT2D eigenvalue weighted by molar-refractivity contribution is 7.99. The summed E-state index contributed by atoms with van der Waals surface area (Å²) in [4.78, 5) is 17.6. The van der Waals surface area contributed by atoms with Gasteiger partial charge in [0.2, 0.25) is 0 Å². The third kappa shape index (κ3) is 0.759. The van der Waals surface area contributed by atoms with Crippen LogP contribution in [-0.4, -0.2) is 15.7 Å². The Labute approximate surface area is 61.9 Å². The number of nitrogens with zero attached hydrogens (tertiary/aromatic N) is 1. The Balaban J connectivity index is 2.70. The van der Waals surface area contributed by atoms with Crippen molar-refractivity contribution in [1.82, 2.24) is 9.97 Å². The van der Waals surface area contributed by atoms with E-state index < -0.39 is 0 Å². The van der Waals surface area contributed by atoms with Gasteiger partial charge in [0, 0.05) is 5.75 Å². The fourth-order valence-corrected chi connectivity index (χ4v) is 2.00. The summed E-state index contributed by atoms with van der Waals surface area (Å²) in [5.41, 5.74) is 0.877. The summed E-state index contributed by atoms with van der Waals surface area (Å²) in [6.45, 7) is 0. The van der Waals surface area contributed by atoms with Crippen LogP contribution in [0.15, 0.2) is 16.1 Å². The Morgan fingerprint density at radius 3 is 3.40 bits per heavy atom. The van der Waals surface area contributed by atoms with Gasteiger partial charge in [-0.1, -0.05) is 0 Å². The minimum atomic E-state index is 0.0231. The van der Waals surface area contributed by atoms with Gasteiger partial charge in [-0.25, -0.2) is 4.98 Å². The topological polar surface area (TPSA) is 45.8 Å². The van der Waals surface area contributed by atoms with Crippen molar-refractivity contribution in [3.05, 3.63) is 22.2 Å². The van der Waals surface area contributed by atoms with Crippen molar-refractivity contribution in [1.29, 1.82) is 0 Å². The second kappa shape index (κ2) is 2.12. The highest BCUT2D eigenvalue weighted by Gasteiger charge is 2.14. The van der Waals surface area contributed by atoms with Crippen LogP contribution in [0, 0.1) is 0 Å². The smallest absolute Gasteiger partial charge is 0.255 e. The van der Waals surface area contributed by atoms with E-state index in [1.807, 2.05) is 0 Å². The Hall–Kier alpha value is -0.770. The summed E-state index contributed by atoms with van der Waals surface area (Å²) in [6.07, 6.45) is 2.32. The van der Waals surface area contributed by atoms with Gasteiger partial charge in [-0.3, -0.25) is 4.79 Å². The van der Waals surface area contributed by atoms with Crippen LogP contribution in [0.4, 0.5) is 0 Å². The molecule has 1 N–H and O–H groups in total. The number of H-pyrrole nitrogens is 1. The van der Waals surface area contributed by atoms with Crippen LogP contribution in [-0.2, 0) is 6.42 Å². The third-order valence-corrected chi connectivity index (χ3v) is 2.53. The number of hydrogen-bond donors (Lipinski definition) is 1. The molecule has 0 saturated carbocycles. The van der Waals surface area contributed by atoms with E-state index in [2.05, 4.69) is 9.97 Å². The van der Waals surface area contributed by atoms with Crippen LogP contribution in [0.5, 0.6) is 0 Å². The lowest BCUT2D eigenvalue weighted by atomic mass is 10.3. The lowest BCUT2D eigenvalue weighted by Gasteiger charge is -1.90. The summed E-state index contributed by atoms with van der Waals surface area (Å²) in [6, 6.07) is 0. The number of nitrogens with one attached hydrogen (secondary N) is 1. The zero-order chi connectivity index (χ0) is 6.97. The molecule has 0 spiro atoms. The van der Waals surface area contributed by atoms with Crippen LogP contribution in [0.1, 0.15) is 5.56 Å². The maximum atomic E-state index is 11.0. The van der Waals surface area contributed by atoms with Crippen LogP contribution in [0.2, 0.25) is 0 Å². The van der Waals surface area contributed by atoms with Gasteiger partial charge in [0.15, 0.2) is 0 Å². The first-order valence-electron chi connectivity index (χ1n) is 3.07. The molecule has 1 aromatic heterocycles. The minimum Gasteiger partial charge on any atom is -0.313 e. The van der Waals surface area contributed by atoms with Gasteiger partial charge in [-0.15, -0.1) is 11.8 Å². The maximum Gasteiger partial charge on any atom is 0.255 e. The molecule has 2 heterocycles. The Morgan fingerprint density at radius 1 is 1.70 bits per heavy atom. The average molecular weight is 154 g/mol. The molecule has 0 aromatic carbocycles. The highest BCUT2D eigenvalue weighted by atomic mass is 32.2. The molecule has 4 heteroatoms. The lowest BCUT2D eigenvalue weighted by molar-refractivity contribution is 0.947. The van der Waals surface area contributed by atoms with Gasteiger partial charge in [-0.2, -0.15) is 0 Å². The summed E-state index contributed by atoms with van der Waals surface area (Å²) in [5, 5.41) is 0.906. The number of aromatic nitrogens is 2. The summed E-state index contributed by atoms with van der Waals surface area (Å²) in [5.74, 6) is 0.995. The van der Waals surface area contributed by atoms with Crippen LogP contribution in [0.25, 0.3) is 0 Å². The third-order valence-electron chi connectivity index (χ3n) is 1.50. The van der Waals surface area contributed by atoms with E-state index in [1.165, 1.54) is 6.33 Å². The van der Waals surface area contributed by atoms with E-state index in [0.29, 0.717) is 0 Å². The van der Waals surface area contributed by atoms with E-state index >= 15 is 0 Å². The van der Waals surface area contributed by atoms with E-state index in [9.17, 15) is 4.79 Å². The molecule has 0 amide bonds. The molecule has 1 aliphatic heterocycles. The average Bonchev–Trinajstić information content (AvgIpc) is 2.36. The highest BCUT2D eigenvalue weighted by Crippen LogP contribution is 2.25. The molecule has 0 radical (unpaired) electrons. The first-order chi connectivity index (χ1) is 4.88. The SMILES string of the molecule is O=c1[nH]cnc2c1CCS2. The standard InChI is InChI=1S/C6H6N2OS/c9-5-4-1-2-10-6(4)8-3-7-5/h3H,1-2H2,(H,7,8,9). The minimum absolute atomic E-state index is 0.0231. The maximum absolute atomic E-state index is 11.0. The molecule has 0 aliphatic carbocycles. The van der Waals surface area contributed by atoms with E-state index in [1.54, 1.807) is 11.8 Å². The van der Waals surface area contributed by atoms with Crippen molar-refractivity contribution in [2.75, 3.05) is 5.75 Å².